The molecule has 2 aromatic rings. The van der Waals surface area contributed by atoms with Crippen LogP contribution < -0.4 is 10.2 Å². The van der Waals surface area contributed by atoms with Gasteiger partial charge in [0.25, 0.3) is 5.91 Å². The third-order valence-electron chi connectivity index (χ3n) is 4.00. The minimum atomic E-state index is -0.349. The van der Waals surface area contributed by atoms with Crippen LogP contribution >= 0.6 is 11.3 Å². The monoisotopic (exact) mass is 379 g/mol. The van der Waals surface area contributed by atoms with Crippen molar-refractivity contribution in [1.29, 1.82) is 0 Å². The minimum Gasteiger partial charge on any atom is -0.465 e. The van der Waals surface area contributed by atoms with Gasteiger partial charge in [-0.15, -0.1) is 11.3 Å². The van der Waals surface area contributed by atoms with Crippen LogP contribution in [-0.2, 0) is 16.1 Å². The van der Waals surface area contributed by atoms with Gasteiger partial charge in [0.1, 0.15) is 11.6 Å². The van der Waals surface area contributed by atoms with E-state index < -0.39 is 0 Å². The van der Waals surface area contributed by atoms with Gasteiger partial charge in [-0.1, -0.05) is 0 Å². The Morgan fingerprint density at radius 1 is 1.38 bits per heavy atom. The summed E-state index contributed by atoms with van der Waals surface area (Å²) in [6.45, 7) is 8.70. The number of H-pyrrole nitrogens is 1. The average Bonchev–Trinajstić information content (AvgIpc) is 3.10. The van der Waals surface area contributed by atoms with E-state index in [1.165, 1.54) is 7.11 Å². The molecule has 0 radical (unpaired) electrons. The normalized spacial score (nSPS) is 12.3. The molecule has 0 saturated carbocycles. The highest BCUT2D eigenvalue weighted by Gasteiger charge is 2.21. The van der Waals surface area contributed by atoms with E-state index in [-0.39, 0.29) is 17.9 Å². The highest BCUT2D eigenvalue weighted by Crippen LogP contribution is 2.28. The third kappa shape index (κ3) is 4.70. The van der Waals surface area contributed by atoms with Crippen molar-refractivity contribution in [3.8, 4) is 11.4 Å². The number of nitrogens with zero attached hydrogens (tertiary/aromatic N) is 1. The largest absolute Gasteiger partial charge is 0.465 e. The summed E-state index contributed by atoms with van der Waals surface area (Å²) in [6.07, 6.45) is 0. The number of likely N-dealkylation sites (N-methyl/N-ethyl adjacent to an activating group) is 1. The van der Waals surface area contributed by atoms with Gasteiger partial charge in [-0.25, -0.2) is 9.78 Å². The number of ether oxygens (including phenoxy) is 1. The lowest BCUT2D eigenvalue weighted by Gasteiger charge is -2.13. The molecule has 142 valence electrons. The Hall–Kier alpha value is -2.19. The first kappa shape index (κ1) is 20.1. The zero-order chi connectivity index (χ0) is 19.4. The lowest BCUT2D eigenvalue weighted by molar-refractivity contribution is -0.885. The zero-order valence-electron chi connectivity index (χ0n) is 16.1. The first-order valence-corrected chi connectivity index (χ1v) is 9.43. The number of methoxy groups -OCH3 is 1. The Morgan fingerprint density at radius 2 is 2.08 bits per heavy atom. The zero-order valence-corrected chi connectivity index (χ0v) is 17.0. The minimum absolute atomic E-state index is 0.0350. The van der Waals surface area contributed by atoms with Gasteiger partial charge in [-0.3, -0.25) is 4.79 Å². The van der Waals surface area contributed by atoms with Crippen LogP contribution in [0.3, 0.4) is 0 Å². The molecule has 2 aromatic heterocycles. The van der Waals surface area contributed by atoms with Gasteiger partial charge in [0.2, 0.25) is 0 Å². The van der Waals surface area contributed by atoms with Gasteiger partial charge in [-0.2, -0.15) is 0 Å². The molecule has 1 unspecified atom stereocenters. The predicted octanol–water partition coefficient (Wildman–Crippen LogP) is 1.08. The number of aryl methyl sites for hydroxylation is 1. The first-order valence-electron chi connectivity index (χ1n) is 8.55. The van der Waals surface area contributed by atoms with Crippen LogP contribution in [0.2, 0.25) is 0 Å². The number of hydrogen-bond donors (Lipinski definition) is 3. The number of carbonyl (C=O) groups is 2. The number of nitrogens with one attached hydrogen (secondary N) is 3. The summed E-state index contributed by atoms with van der Waals surface area (Å²) in [5, 5.41) is 5.81. The molecule has 0 spiro atoms. The topological polar surface area (TPSA) is 88.5 Å². The van der Waals surface area contributed by atoms with Crippen LogP contribution in [0.5, 0.6) is 0 Å². The molecule has 0 aliphatic carbocycles. The van der Waals surface area contributed by atoms with Gasteiger partial charge < -0.3 is 19.9 Å². The van der Waals surface area contributed by atoms with E-state index in [0.29, 0.717) is 18.7 Å². The molecule has 0 aromatic carbocycles. The fourth-order valence-electron chi connectivity index (χ4n) is 2.89. The Labute approximate surface area is 157 Å². The molecule has 1 amide bonds. The van der Waals surface area contributed by atoms with Crippen molar-refractivity contribution in [3.63, 3.8) is 0 Å². The van der Waals surface area contributed by atoms with Crippen molar-refractivity contribution in [2.75, 3.05) is 20.7 Å². The van der Waals surface area contributed by atoms with Crippen LogP contribution in [-0.4, -0.2) is 48.6 Å². The van der Waals surface area contributed by atoms with Gasteiger partial charge >= 0.3 is 5.97 Å². The van der Waals surface area contributed by atoms with E-state index in [2.05, 4.69) is 15.3 Å². The van der Waals surface area contributed by atoms with E-state index in [1.807, 2.05) is 40.1 Å². The highest BCUT2D eigenvalue weighted by atomic mass is 32.1. The maximum absolute atomic E-state index is 11.9. The van der Waals surface area contributed by atoms with Crippen molar-refractivity contribution in [1.82, 2.24) is 15.3 Å². The van der Waals surface area contributed by atoms with E-state index in [9.17, 15) is 9.59 Å². The average molecular weight is 380 g/mol. The first-order chi connectivity index (χ1) is 12.2. The van der Waals surface area contributed by atoms with Crippen LogP contribution in [0, 0.1) is 13.8 Å². The number of aromatic amines is 1. The second kappa shape index (κ2) is 8.46. The lowest BCUT2D eigenvalue weighted by Crippen LogP contribution is -3.09. The SMILES string of the molecule is COC(=O)c1c(C)[nH]c(-c2csc(C[NH+](C)CC(=O)NC(C)C)n2)c1C. The predicted molar refractivity (Wildman–Crippen MR) is 101 cm³/mol. The summed E-state index contributed by atoms with van der Waals surface area (Å²) in [7, 11) is 3.35. The molecule has 0 aliphatic heterocycles. The van der Waals surface area contributed by atoms with Crippen molar-refractivity contribution in [3.05, 3.63) is 27.2 Å². The molecule has 26 heavy (non-hydrogen) atoms. The fourth-order valence-corrected chi connectivity index (χ4v) is 3.79. The molecular weight excluding hydrogens is 352 g/mol. The third-order valence-corrected chi connectivity index (χ3v) is 4.85. The quantitative estimate of drug-likeness (QED) is 0.628. The molecule has 0 saturated heterocycles. The van der Waals surface area contributed by atoms with Gasteiger partial charge in [0, 0.05) is 17.1 Å². The van der Waals surface area contributed by atoms with E-state index in [1.54, 1.807) is 11.3 Å². The summed E-state index contributed by atoms with van der Waals surface area (Å²) in [5.41, 5.74) is 3.81. The molecule has 0 fully saturated rings. The Bertz CT molecular complexity index is 794. The summed E-state index contributed by atoms with van der Waals surface area (Å²) >= 11 is 1.55. The second-order valence-electron chi connectivity index (χ2n) is 6.78. The van der Waals surface area contributed by atoms with Crippen molar-refractivity contribution >= 4 is 23.2 Å². The van der Waals surface area contributed by atoms with Gasteiger partial charge in [-0.05, 0) is 33.3 Å². The van der Waals surface area contributed by atoms with Crippen LogP contribution in [0.1, 0.15) is 40.5 Å². The van der Waals surface area contributed by atoms with Crippen molar-refractivity contribution < 1.29 is 19.2 Å². The fraction of sp³-hybridized carbons (Fsp3) is 0.500. The summed E-state index contributed by atoms with van der Waals surface area (Å²) < 4.78 is 4.85. The van der Waals surface area contributed by atoms with E-state index in [4.69, 9.17) is 4.74 Å². The van der Waals surface area contributed by atoms with Gasteiger partial charge in [0.15, 0.2) is 6.54 Å². The van der Waals surface area contributed by atoms with Crippen LogP contribution in [0.4, 0.5) is 0 Å². The number of aromatic nitrogens is 2. The van der Waals surface area contributed by atoms with Crippen LogP contribution in [0.25, 0.3) is 11.4 Å². The molecule has 2 rings (SSSR count). The number of carbonyl (C=O) groups excluding carboxylic acids is 2. The standard InChI is InChI=1S/C18H26N4O3S/c1-10(2)19-14(23)7-22(5)8-15-21-13(9-26-15)17-11(3)16(12(4)20-17)18(24)25-6/h9-10,20H,7-8H2,1-6H3,(H,19,23)/p+1. The Kier molecular flexibility index (Phi) is 6.55. The van der Waals surface area contributed by atoms with Crippen molar-refractivity contribution in [2.24, 2.45) is 0 Å². The molecule has 1 atom stereocenters. The summed E-state index contributed by atoms with van der Waals surface area (Å²) in [6, 6.07) is 0.143. The smallest absolute Gasteiger partial charge is 0.339 e. The Morgan fingerprint density at radius 3 is 2.69 bits per heavy atom. The highest BCUT2D eigenvalue weighted by molar-refractivity contribution is 7.09. The molecule has 0 aliphatic rings. The summed E-state index contributed by atoms with van der Waals surface area (Å²) in [5.74, 6) is -0.314. The molecule has 0 bridgehead atoms. The van der Waals surface area contributed by atoms with Crippen molar-refractivity contribution in [2.45, 2.75) is 40.3 Å². The lowest BCUT2D eigenvalue weighted by atomic mass is 10.1. The number of amides is 1. The maximum Gasteiger partial charge on any atom is 0.339 e. The number of hydrogen-bond acceptors (Lipinski definition) is 5. The Balaban J connectivity index is 2.11. The molecule has 2 heterocycles. The summed E-state index contributed by atoms with van der Waals surface area (Å²) in [4.78, 5) is 32.8. The van der Waals surface area contributed by atoms with Gasteiger partial charge in [0.05, 0.1) is 31.1 Å². The molecule has 7 nitrogen and oxygen atoms in total. The number of quaternary nitrogens is 1. The molecule has 3 N–H and O–H groups in total. The molecular formula is C18H27N4O3S+. The van der Waals surface area contributed by atoms with E-state index in [0.717, 1.165) is 32.6 Å². The molecule has 8 heteroatoms. The van der Waals surface area contributed by atoms with E-state index >= 15 is 0 Å². The van der Waals surface area contributed by atoms with Crippen LogP contribution in [0.15, 0.2) is 5.38 Å². The number of thiazole rings is 1. The number of esters is 1. The maximum atomic E-state index is 11.9. The number of rotatable bonds is 7. The second-order valence-corrected chi connectivity index (χ2v) is 7.72.